The molecule has 3 nitrogen and oxygen atoms in total. The lowest BCUT2D eigenvalue weighted by Crippen LogP contribution is -2.02. The normalized spacial score (nSPS) is 13.4. The van der Waals surface area contributed by atoms with Gasteiger partial charge >= 0.3 is 0 Å². The summed E-state index contributed by atoms with van der Waals surface area (Å²) in [6.07, 6.45) is 0.963. The van der Waals surface area contributed by atoms with Crippen LogP contribution in [0, 0.1) is 0 Å². The molecule has 1 N–H and O–H groups in total. The molecular formula is C13H13ClO3S2. The molecule has 19 heavy (non-hydrogen) atoms. The summed E-state index contributed by atoms with van der Waals surface area (Å²) in [6, 6.07) is 9.96. The minimum atomic E-state index is -3.20. The van der Waals surface area contributed by atoms with E-state index in [4.69, 9.17) is 11.6 Å². The molecule has 0 spiro atoms. The van der Waals surface area contributed by atoms with Gasteiger partial charge in [0.15, 0.2) is 9.84 Å². The molecule has 6 heteroatoms. The summed E-state index contributed by atoms with van der Waals surface area (Å²) in [4.78, 5) is 1.24. The third-order valence-corrected chi connectivity index (χ3v) is 5.10. The fraction of sp³-hybridized carbons (Fsp3) is 0.231. The van der Waals surface area contributed by atoms with Crippen molar-refractivity contribution in [1.82, 2.24) is 0 Å². The van der Waals surface area contributed by atoms with Gasteiger partial charge in [0.1, 0.15) is 0 Å². The van der Waals surface area contributed by atoms with Crippen LogP contribution in [0.4, 0.5) is 0 Å². The zero-order valence-electron chi connectivity index (χ0n) is 10.2. The number of aliphatic hydroxyl groups is 1. The first-order valence-electron chi connectivity index (χ1n) is 5.58. The summed E-state index contributed by atoms with van der Waals surface area (Å²) in [7, 11) is -3.20. The second-order valence-electron chi connectivity index (χ2n) is 4.27. The predicted octanol–water partition coefficient (Wildman–Crippen LogP) is 3.08. The lowest BCUT2D eigenvalue weighted by molar-refractivity contribution is 0.179. The second kappa shape index (κ2) is 5.63. The molecule has 102 valence electrons. The van der Waals surface area contributed by atoms with E-state index in [1.807, 2.05) is 6.07 Å². The van der Waals surface area contributed by atoms with Crippen molar-refractivity contribution in [2.75, 3.05) is 6.26 Å². The topological polar surface area (TPSA) is 54.4 Å². The van der Waals surface area contributed by atoms with E-state index in [1.54, 1.807) is 18.2 Å². The van der Waals surface area contributed by atoms with Crippen LogP contribution in [-0.2, 0) is 16.3 Å². The molecule has 0 aliphatic carbocycles. The lowest BCUT2D eigenvalue weighted by atomic mass is 10.1. The second-order valence-corrected chi connectivity index (χ2v) is 8.08. The molecule has 0 radical (unpaired) electrons. The number of hydrogen-bond acceptors (Lipinski definition) is 4. The summed E-state index contributed by atoms with van der Waals surface area (Å²) in [5.74, 6) is 0. The highest BCUT2D eigenvalue weighted by Crippen LogP contribution is 2.27. The molecule has 1 unspecified atom stereocenters. The van der Waals surface area contributed by atoms with E-state index in [0.29, 0.717) is 16.3 Å². The molecule has 1 heterocycles. The van der Waals surface area contributed by atoms with Gasteiger partial charge in [0.05, 0.1) is 15.3 Å². The Bertz CT molecular complexity index is 659. The number of benzene rings is 1. The number of hydrogen-bond donors (Lipinski definition) is 1. The summed E-state index contributed by atoms with van der Waals surface area (Å²) in [6.45, 7) is 0. The minimum absolute atomic E-state index is 0.252. The van der Waals surface area contributed by atoms with Crippen LogP contribution >= 0.6 is 22.9 Å². The van der Waals surface area contributed by atoms with E-state index in [9.17, 15) is 13.5 Å². The third-order valence-electron chi connectivity index (χ3n) is 2.72. The highest BCUT2D eigenvalue weighted by atomic mass is 35.5. The number of thiophene rings is 1. The van der Waals surface area contributed by atoms with Crippen molar-refractivity contribution in [3.63, 3.8) is 0 Å². The molecule has 1 aromatic heterocycles. The molecule has 0 aliphatic heterocycles. The standard InChI is InChI=1S/C13H13ClO3S2/c1-19(16,17)11-5-2-9(3-6-11)12(15)8-10-4-7-13(14)18-10/h2-7,12,15H,8H2,1H3. The van der Waals surface area contributed by atoms with Gasteiger partial charge in [-0.05, 0) is 29.8 Å². The number of halogens is 1. The van der Waals surface area contributed by atoms with E-state index in [2.05, 4.69) is 0 Å². The van der Waals surface area contributed by atoms with E-state index in [1.165, 1.54) is 23.5 Å². The van der Waals surface area contributed by atoms with Crippen LogP contribution in [0.1, 0.15) is 16.5 Å². The van der Waals surface area contributed by atoms with Crippen molar-refractivity contribution in [3.05, 3.63) is 51.2 Å². The largest absolute Gasteiger partial charge is 0.388 e. The summed E-state index contributed by atoms with van der Waals surface area (Å²) >= 11 is 7.26. The van der Waals surface area contributed by atoms with Gasteiger partial charge in [-0.15, -0.1) is 11.3 Å². The molecular weight excluding hydrogens is 304 g/mol. The van der Waals surface area contributed by atoms with Gasteiger partial charge in [0.25, 0.3) is 0 Å². The van der Waals surface area contributed by atoms with Crippen molar-refractivity contribution < 1.29 is 13.5 Å². The highest BCUT2D eigenvalue weighted by Gasteiger charge is 2.12. The molecule has 0 fully saturated rings. The highest BCUT2D eigenvalue weighted by molar-refractivity contribution is 7.90. The van der Waals surface area contributed by atoms with E-state index >= 15 is 0 Å². The van der Waals surface area contributed by atoms with Gasteiger partial charge in [-0.3, -0.25) is 0 Å². The zero-order chi connectivity index (χ0) is 14.0. The molecule has 1 atom stereocenters. The van der Waals surface area contributed by atoms with Gasteiger partial charge in [-0.25, -0.2) is 8.42 Å². The van der Waals surface area contributed by atoms with Gasteiger partial charge in [-0.2, -0.15) is 0 Å². The lowest BCUT2D eigenvalue weighted by Gasteiger charge is -2.10. The van der Waals surface area contributed by atoms with Crippen molar-refractivity contribution in [2.24, 2.45) is 0 Å². The Kier molecular flexibility index (Phi) is 4.30. The smallest absolute Gasteiger partial charge is 0.175 e. The first kappa shape index (κ1) is 14.5. The Morgan fingerprint density at radius 2 is 1.84 bits per heavy atom. The van der Waals surface area contributed by atoms with E-state index in [0.717, 1.165) is 11.1 Å². The maximum atomic E-state index is 11.3. The molecule has 0 aliphatic rings. The summed E-state index contributed by atoms with van der Waals surface area (Å²) in [5, 5.41) is 10.1. The van der Waals surface area contributed by atoms with Crippen LogP contribution in [0.5, 0.6) is 0 Å². The fourth-order valence-electron chi connectivity index (χ4n) is 1.71. The first-order valence-corrected chi connectivity index (χ1v) is 8.67. The van der Waals surface area contributed by atoms with Gasteiger partial charge in [0.2, 0.25) is 0 Å². The van der Waals surface area contributed by atoms with Crippen LogP contribution in [0.25, 0.3) is 0 Å². The average molecular weight is 317 g/mol. The van der Waals surface area contributed by atoms with Crippen molar-refractivity contribution >= 4 is 32.8 Å². The van der Waals surface area contributed by atoms with Crippen LogP contribution < -0.4 is 0 Å². The van der Waals surface area contributed by atoms with E-state index in [-0.39, 0.29) is 4.90 Å². The molecule has 2 aromatic rings. The Hall–Kier alpha value is -0.880. The average Bonchev–Trinajstić information content (AvgIpc) is 2.74. The molecule has 2 rings (SSSR count). The minimum Gasteiger partial charge on any atom is -0.388 e. The Balaban J connectivity index is 2.14. The molecule has 0 saturated carbocycles. The monoisotopic (exact) mass is 316 g/mol. The number of aliphatic hydroxyl groups excluding tert-OH is 1. The van der Waals surface area contributed by atoms with Crippen molar-refractivity contribution in [1.29, 1.82) is 0 Å². The summed E-state index contributed by atoms with van der Waals surface area (Å²) < 4.78 is 23.4. The number of rotatable bonds is 4. The summed E-state index contributed by atoms with van der Waals surface area (Å²) in [5.41, 5.74) is 0.692. The Morgan fingerprint density at radius 3 is 2.32 bits per heavy atom. The SMILES string of the molecule is CS(=O)(=O)c1ccc(C(O)Cc2ccc(Cl)s2)cc1. The molecule has 0 saturated heterocycles. The maximum Gasteiger partial charge on any atom is 0.175 e. The fourth-order valence-corrected chi connectivity index (χ4v) is 3.46. The zero-order valence-corrected chi connectivity index (χ0v) is 12.6. The molecule has 1 aromatic carbocycles. The van der Waals surface area contributed by atoms with Crippen molar-refractivity contribution in [2.45, 2.75) is 17.4 Å². The van der Waals surface area contributed by atoms with Gasteiger partial charge < -0.3 is 5.11 Å². The first-order chi connectivity index (χ1) is 8.86. The van der Waals surface area contributed by atoms with Crippen LogP contribution in [0.15, 0.2) is 41.3 Å². The van der Waals surface area contributed by atoms with Crippen LogP contribution in [-0.4, -0.2) is 19.8 Å². The van der Waals surface area contributed by atoms with Gasteiger partial charge in [0, 0.05) is 17.6 Å². The van der Waals surface area contributed by atoms with Gasteiger partial charge in [-0.1, -0.05) is 23.7 Å². The maximum absolute atomic E-state index is 11.3. The quantitative estimate of drug-likeness (QED) is 0.943. The van der Waals surface area contributed by atoms with Crippen molar-refractivity contribution in [3.8, 4) is 0 Å². The predicted molar refractivity (Wildman–Crippen MR) is 77.5 cm³/mol. The Labute approximate surface area is 121 Å². The Morgan fingerprint density at radius 1 is 1.21 bits per heavy atom. The molecule has 0 bridgehead atoms. The molecule has 0 amide bonds. The third kappa shape index (κ3) is 3.79. The number of sulfone groups is 1. The van der Waals surface area contributed by atoms with Crippen LogP contribution in [0.2, 0.25) is 4.34 Å². The van der Waals surface area contributed by atoms with E-state index < -0.39 is 15.9 Å². The van der Waals surface area contributed by atoms with Crippen LogP contribution in [0.3, 0.4) is 0 Å².